The molecule has 0 saturated heterocycles. The van der Waals surface area contributed by atoms with Crippen LogP contribution in [0.1, 0.15) is 5.56 Å². The van der Waals surface area contributed by atoms with Crippen LogP contribution in [0.5, 0.6) is 0 Å². The van der Waals surface area contributed by atoms with E-state index >= 15 is 0 Å². The van der Waals surface area contributed by atoms with Gasteiger partial charge in [0.2, 0.25) is 5.91 Å². The predicted molar refractivity (Wildman–Crippen MR) is 96.9 cm³/mol. The molecule has 0 saturated carbocycles. The number of non-ortho nitro benzene ring substituents is 1. The van der Waals surface area contributed by atoms with Crippen LogP contribution in [0.15, 0.2) is 48.8 Å². The fraction of sp³-hybridized carbons (Fsp3) is 0.0588. The molecule has 10 heteroatoms. The predicted octanol–water partition coefficient (Wildman–Crippen LogP) is 3.02. The van der Waals surface area contributed by atoms with Crippen molar-refractivity contribution in [2.45, 2.75) is 6.54 Å². The monoisotopic (exact) mass is 382 g/mol. The number of hydrogen-bond donors (Lipinski definition) is 1. The summed E-state index contributed by atoms with van der Waals surface area (Å²) in [6, 6.07) is 12.4. The summed E-state index contributed by atoms with van der Waals surface area (Å²) >= 11 is 5.89. The van der Waals surface area contributed by atoms with Crippen LogP contribution < -0.4 is 5.32 Å². The molecule has 1 aromatic heterocycles. The van der Waals surface area contributed by atoms with E-state index in [9.17, 15) is 14.9 Å². The van der Waals surface area contributed by atoms with Gasteiger partial charge in [0.25, 0.3) is 5.69 Å². The van der Waals surface area contributed by atoms with E-state index in [1.807, 2.05) is 6.07 Å². The molecule has 3 rings (SSSR count). The van der Waals surface area contributed by atoms with Crippen LogP contribution in [0, 0.1) is 21.4 Å². The standard InChI is InChI=1S/C17H11ClN6O3/c18-13-5-4-12(8-19)15(7-13)21-16(25)9-23-10-20-17(22-23)11-2-1-3-14(6-11)24(26)27/h1-7,10H,9H2,(H,21,25). The number of amides is 1. The van der Waals surface area contributed by atoms with Crippen LogP contribution >= 0.6 is 11.6 Å². The van der Waals surface area contributed by atoms with Crippen LogP contribution in [0.25, 0.3) is 11.4 Å². The molecule has 3 aromatic rings. The van der Waals surface area contributed by atoms with E-state index in [2.05, 4.69) is 15.4 Å². The molecule has 0 unspecified atom stereocenters. The highest BCUT2D eigenvalue weighted by atomic mass is 35.5. The fourth-order valence-electron chi connectivity index (χ4n) is 2.32. The van der Waals surface area contributed by atoms with Crippen molar-refractivity contribution in [3.05, 3.63) is 69.5 Å². The van der Waals surface area contributed by atoms with Gasteiger partial charge < -0.3 is 5.32 Å². The molecule has 0 fully saturated rings. The Morgan fingerprint density at radius 2 is 2.15 bits per heavy atom. The van der Waals surface area contributed by atoms with Crippen molar-refractivity contribution in [3.8, 4) is 17.5 Å². The molecular formula is C17H11ClN6O3. The zero-order valence-electron chi connectivity index (χ0n) is 13.7. The average molecular weight is 383 g/mol. The second kappa shape index (κ2) is 7.63. The lowest BCUT2D eigenvalue weighted by atomic mass is 10.2. The topological polar surface area (TPSA) is 127 Å². The number of aromatic nitrogens is 3. The minimum absolute atomic E-state index is 0.0772. The van der Waals surface area contributed by atoms with Gasteiger partial charge in [0, 0.05) is 22.7 Å². The van der Waals surface area contributed by atoms with Gasteiger partial charge in [0.15, 0.2) is 5.82 Å². The van der Waals surface area contributed by atoms with Gasteiger partial charge in [0.05, 0.1) is 16.2 Å². The summed E-state index contributed by atoms with van der Waals surface area (Å²) in [4.78, 5) is 26.6. The van der Waals surface area contributed by atoms with Gasteiger partial charge >= 0.3 is 0 Å². The number of rotatable bonds is 5. The molecule has 0 atom stereocenters. The van der Waals surface area contributed by atoms with Gasteiger partial charge in [-0.1, -0.05) is 23.7 Å². The number of carbonyl (C=O) groups is 1. The maximum absolute atomic E-state index is 12.2. The van der Waals surface area contributed by atoms with Gasteiger partial charge in [-0.3, -0.25) is 14.9 Å². The van der Waals surface area contributed by atoms with E-state index in [1.54, 1.807) is 12.1 Å². The third kappa shape index (κ3) is 4.26. The SMILES string of the molecule is N#Cc1ccc(Cl)cc1NC(=O)Cn1cnc(-c2cccc([N+](=O)[O-])c2)n1. The number of nitrogens with zero attached hydrogens (tertiary/aromatic N) is 5. The van der Waals surface area contributed by atoms with Crippen LogP contribution in [0.3, 0.4) is 0 Å². The molecule has 1 N–H and O–H groups in total. The first-order valence-electron chi connectivity index (χ1n) is 7.60. The Hall–Kier alpha value is -3.77. The first-order chi connectivity index (χ1) is 13.0. The summed E-state index contributed by atoms with van der Waals surface area (Å²) in [5, 5.41) is 27.1. The van der Waals surface area contributed by atoms with E-state index in [1.165, 1.54) is 41.3 Å². The normalized spacial score (nSPS) is 10.2. The lowest BCUT2D eigenvalue weighted by Crippen LogP contribution is -2.19. The third-order valence-corrected chi connectivity index (χ3v) is 3.77. The summed E-state index contributed by atoms with van der Waals surface area (Å²) < 4.78 is 1.29. The minimum Gasteiger partial charge on any atom is -0.323 e. The quantitative estimate of drug-likeness (QED) is 0.533. The van der Waals surface area contributed by atoms with Gasteiger partial charge in [0.1, 0.15) is 18.9 Å². The average Bonchev–Trinajstić information content (AvgIpc) is 3.10. The Morgan fingerprint density at radius 1 is 1.33 bits per heavy atom. The summed E-state index contributed by atoms with van der Waals surface area (Å²) in [5.41, 5.74) is 0.967. The van der Waals surface area contributed by atoms with Crippen molar-refractivity contribution in [3.63, 3.8) is 0 Å². The summed E-state index contributed by atoms with van der Waals surface area (Å²) in [5.74, 6) is -0.170. The second-order valence-electron chi connectivity index (χ2n) is 5.42. The molecule has 0 aliphatic carbocycles. The Bertz CT molecular complexity index is 1070. The molecule has 9 nitrogen and oxygen atoms in total. The molecule has 1 amide bonds. The van der Waals surface area contributed by atoms with E-state index in [4.69, 9.17) is 16.9 Å². The molecular weight excluding hydrogens is 372 g/mol. The smallest absolute Gasteiger partial charge is 0.270 e. The molecule has 27 heavy (non-hydrogen) atoms. The zero-order valence-corrected chi connectivity index (χ0v) is 14.4. The lowest BCUT2D eigenvalue weighted by molar-refractivity contribution is -0.384. The van der Waals surface area contributed by atoms with Crippen molar-refractivity contribution < 1.29 is 9.72 Å². The number of nitriles is 1. The Balaban J connectivity index is 1.74. The van der Waals surface area contributed by atoms with Crippen molar-refractivity contribution >= 4 is 28.9 Å². The number of nitro groups is 1. The molecule has 0 bridgehead atoms. The van der Waals surface area contributed by atoms with E-state index in [0.717, 1.165) is 0 Å². The van der Waals surface area contributed by atoms with Gasteiger partial charge in [-0.05, 0) is 18.2 Å². The first-order valence-corrected chi connectivity index (χ1v) is 7.98. The number of nitro benzene ring substituents is 1. The second-order valence-corrected chi connectivity index (χ2v) is 5.86. The molecule has 0 aliphatic rings. The number of nitrogens with one attached hydrogen (secondary N) is 1. The maximum Gasteiger partial charge on any atom is 0.270 e. The van der Waals surface area contributed by atoms with Crippen molar-refractivity contribution in [1.82, 2.24) is 14.8 Å². The highest BCUT2D eigenvalue weighted by Crippen LogP contribution is 2.21. The minimum atomic E-state index is -0.508. The number of benzene rings is 2. The van der Waals surface area contributed by atoms with Crippen LogP contribution in [0.4, 0.5) is 11.4 Å². The van der Waals surface area contributed by atoms with Gasteiger partial charge in [-0.25, -0.2) is 9.67 Å². The van der Waals surface area contributed by atoms with Gasteiger partial charge in [-0.15, -0.1) is 0 Å². The summed E-state index contributed by atoms with van der Waals surface area (Å²) in [7, 11) is 0. The molecule has 0 spiro atoms. The van der Waals surface area contributed by atoms with Crippen LogP contribution in [0.2, 0.25) is 5.02 Å². The zero-order chi connectivity index (χ0) is 19.4. The largest absolute Gasteiger partial charge is 0.323 e. The van der Waals surface area contributed by atoms with E-state index in [-0.39, 0.29) is 23.6 Å². The van der Waals surface area contributed by atoms with Crippen molar-refractivity contribution in [2.75, 3.05) is 5.32 Å². The highest BCUT2D eigenvalue weighted by molar-refractivity contribution is 6.31. The van der Waals surface area contributed by atoms with Crippen molar-refractivity contribution in [2.24, 2.45) is 0 Å². The Labute approximate surface area is 158 Å². The number of halogens is 1. The van der Waals surface area contributed by atoms with Crippen LogP contribution in [-0.2, 0) is 11.3 Å². The number of hydrogen-bond acceptors (Lipinski definition) is 6. The molecule has 0 radical (unpaired) electrons. The van der Waals surface area contributed by atoms with Crippen molar-refractivity contribution in [1.29, 1.82) is 5.26 Å². The van der Waals surface area contributed by atoms with Gasteiger partial charge in [-0.2, -0.15) is 10.4 Å². The number of carbonyl (C=O) groups excluding carboxylic acids is 1. The van der Waals surface area contributed by atoms with E-state index < -0.39 is 10.8 Å². The molecule has 134 valence electrons. The molecule has 1 heterocycles. The molecule has 2 aromatic carbocycles. The van der Waals surface area contributed by atoms with E-state index in [0.29, 0.717) is 16.3 Å². The summed E-state index contributed by atoms with van der Waals surface area (Å²) in [6.07, 6.45) is 1.34. The first kappa shape index (κ1) is 18.0. The lowest BCUT2D eigenvalue weighted by Gasteiger charge is -2.07. The Kier molecular flexibility index (Phi) is 5.10. The number of anilines is 1. The highest BCUT2D eigenvalue weighted by Gasteiger charge is 2.13. The maximum atomic E-state index is 12.2. The Morgan fingerprint density at radius 3 is 2.89 bits per heavy atom. The molecule has 0 aliphatic heterocycles. The summed E-state index contributed by atoms with van der Waals surface area (Å²) in [6.45, 7) is -0.153. The fourth-order valence-corrected chi connectivity index (χ4v) is 2.49. The third-order valence-electron chi connectivity index (χ3n) is 3.53. The van der Waals surface area contributed by atoms with Crippen LogP contribution in [-0.4, -0.2) is 25.6 Å².